The van der Waals surface area contributed by atoms with Gasteiger partial charge in [-0.3, -0.25) is 4.90 Å². The third-order valence-electron chi connectivity index (χ3n) is 2.89. The standard InChI is InChI=1S/C9H18N2O/c12-9-3-5-11(7-9)6-8-2-1-4-10-8/h8-10,12H,1-7H2/t8-,9-/m1/s1. The van der Waals surface area contributed by atoms with Crippen LogP contribution >= 0.6 is 0 Å². The molecule has 0 spiro atoms. The van der Waals surface area contributed by atoms with Crippen LogP contribution in [0.15, 0.2) is 0 Å². The summed E-state index contributed by atoms with van der Waals surface area (Å²) in [5.41, 5.74) is 0. The van der Waals surface area contributed by atoms with Gasteiger partial charge in [0.1, 0.15) is 0 Å². The lowest BCUT2D eigenvalue weighted by molar-refractivity contribution is 0.173. The molecule has 0 aromatic heterocycles. The zero-order valence-electron chi connectivity index (χ0n) is 7.50. The highest BCUT2D eigenvalue weighted by Crippen LogP contribution is 2.12. The topological polar surface area (TPSA) is 35.5 Å². The predicted molar refractivity (Wildman–Crippen MR) is 48.1 cm³/mol. The van der Waals surface area contributed by atoms with E-state index in [1.54, 1.807) is 0 Å². The molecule has 0 aromatic rings. The lowest BCUT2D eigenvalue weighted by Gasteiger charge is -2.19. The van der Waals surface area contributed by atoms with E-state index in [1.165, 1.54) is 19.4 Å². The summed E-state index contributed by atoms with van der Waals surface area (Å²) in [6.45, 7) is 4.29. The lowest BCUT2D eigenvalue weighted by atomic mass is 10.2. The maximum atomic E-state index is 9.31. The van der Waals surface area contributed by atoms with Gasteiger partial charge in [-0.15, -0.1) is 0 Å². The molecule has 3 nitrogen and oxygen atoms in total. The Labute approximate surface area is 73.8 Å². The van der Waals surface area contributed by atoms with E-state index in [0.717, 1.165) is 26.1 Å². The monoisotopic (exact) mass is 170 g/mol. The van der Waals surface area contributed by atoms with Gasteiger partial charge < -0.3 is 10.4 Å². The van der Waals surface area contributed by atoms with Crippen molar-refractivity contribution in [1.82, 2.24) is 10.2 Å². The largest absolute Gasteiger partial charge is 0.392 e. The zero-order chi connectivity index (χ0) is 8.39. The van der Waals surface area contributed by atoms with E-state index in [0.29, 0.717) is 6.04 Å². The van der Waals surface area contributed by atoms with Gasteiger partial charge in [0.25, 0.3) is 0 Å². The molecule has 0 saturated carbocycles. The summed E-state index contributed by atoms with van der Waals surface area (Å²) in [5, 5.41) is 12.8. The molecule has 2 rings (SSSR count). The molecule has 2 N–H and O–H groups in total. The van der Waals surface area contributed by atoms with Crippen molar-refractivity contribution in [3.8, 4) is 0 Å². The average Bonchev–Trinajstić information content (AvgIpc) is 2.63. The van der Waals surface area contributed by atoms with Crippen molar-refractivity contribution >= 4 is 0 Å². The molecule has 0 amide bonds. The SMILES string of the molecule is O[C@@H]1CCN(C[C@H]2CCCN2)C1. The predicted octanol–water partition coefficient (Wildman–Crippen LogP) is -0.195. The smallest absolute Gasteiger partial charge is 0.0679 e. The summed E-state index contributed by atoms with van der Waals surface area (Å²) in [6.07, 6.45) is 3.53. The number of rotatable bonds is 2. The molecule has 0 radical (unpaired) electrons. The number of nitrogens with one attached hydrogen (secondary N) is 1. The van der Waals surface area contributed by atoms with Gasteiger partial charge in [0.15, 0.2) is 0 Å². The van der Waals surface area contributed by atoms with Crippen LogP contribution in [-0.2, 0) is 0 Å². The van der Waals surface area contributed by atoms with E-state index >= 15 is 0 Å². The first-order valence-corrected chi connectivity index (χ1v) is 4.98. The normalized spacial score (nSPS) is 37.8. The number of likely N-dealkylation sites (tertiary alicyclic amines) is 1. The molecule has 2 saturated heterocycles. The van der Waals surface area contributed by atoms with Gasteiger partial charge in [0.05, 0.1) is 6.10 Å². The zero-order valence-corrected chi connectivity index (χ0v) is 7.50. The number of nitrogens with zero attached hydrogens (tertiary/aromatic N) is 1. The van der Waals surface area contributed by atoms with Crippen LogP contribution in [0, 0.1) is 0 Å². The molecule has 70 valence electrons. The van der Waals surface area contributed by atoms with Crippen LogP contribution in [0.5, 0.6) is 0 Å². The number of hydrogen-bond acceptors (Lipinski definition) is 3. The van der Waals surface area contributed by atoms with Gasteiger partial charge in [-0.05, 0) is 25.8 Å². The van der Waals surface area contributed by atoms with Gasteiger partial charge in [-0.25, -0.2) is 0 Å². The Morgan fingerprint density at radius 1 is 1.42 bits per heavy atom. The summed E-state index contributed by atoms with van der Waals surface area (Å²) < 4.78 is 0. The molecule has 0 unspecified atom stereocenters. The fraction of sp³-hybridized carbons (Fsp3) is 1.00. The van der Waals surface area contributed by atoms with Crippen molar-refractivity contribution in [1.29, 1.82) is 0 Å². The molecule has 2 aliphatic rings. The van der Waals surface area contributed by atoms with Crippen molar-refractivity contribution in [2.24, 2.45) is 0 Å². The molecular weight excluding hydrogens is 152 g/mol. The van der Waals surface area contributed by atoms with Crippen LogP contribution in [0.3, 0.4) is 0 Å². The Kier molecular flexibility index (Phi) is 2.63. The minimum atomic E-state index is -0.0635. The summed E-state index contributed by atoms with van der Waals surface area (Å²) in [6, 6.07) is 0.690. The van der Waals surface area contributed by atoms with E-state index in [9.17, 15) is 5.11 Å². The minimum Gasteiger partial charge on any atom is -0.392 e. The summed E-state index contributed by atoms with van der Waals surface area (Å²) in [7, 11) is 0. The second kappa shape index (κ2) is 3.73. The van der Waals surface area contributed by atoms with Crippen molar-refractivity contribution in [2.45, 2.75) is 31.4 Å². The van der Waals surface area contributed by atoms with E-state index in [4.69, 9.17) is 0 Å². The Morgan fingerprint density at radius 2 is 2.33 bits per heavy atom. The highest BCUT2D eigenvalue weighted by atomic mass is 16.3. The highest BCUT2D eigenvalue weighted by molar-refractivity contribution is 4.82. The fourth-order valence-electron chi connectivity index (χ4n) is 2.20. The lowest BCUT2D eigenvalue weighted by Crippen LogP contribution is -2.36. The van der Waals surface area contributed by atoms with E-state index in [2.05, 4.69) is 10.2 Å². The molecule has 2 aliphatic heterocycles. The third kappa shape index (κ3) is 1.97. The maximum absolute atomic E-state index is 9.31. The molecule has 12 heavy (non-hydrogen) atoms. The molecule has 2 heterocycles. The minimum absolute atomic E-state index is 0.0635. The second-order valence-corrected chi connectivity index (χ2v) is 4.00. The van der Waals surface area contributed by atoms with Crippen molar-refractivity contribution in [3.05, 3.63) is 0 Å². The number of β-amino-alcohol motifs (C(OH)–C–C–N with tert-alkyl or cyclic N) is 1. The Bertz CT molecular complexity index is 145. The van der Waals surface area contributed by atoms with E-state index in [1.807, 2.05) is 0 Å². The van der Waals surface area contributed by atoms with Gasteiger partial charge in [-0.1, -0.05) is 0 Å². The first-order chi connectivity index (χ1) is 5.84. The molecule has 0 aromatic carbocycles. The average molecular weight is 170 g/mol. The molecule has 0 bridgehead atoms. The van der Waals surface area contributed by atoms with E-state index in [-0.39, 0.29) is 6.10 Å². The van der Waals surface area contributed by atoms with Gasteiger partial charge >= 0.3 is 0 Å². The summed E-state index contributed by atoms with van der Waals surface area (Å²) >= 11 is 0. The van der Waals surface area contributed by atoms with Crippen LogP contribution in [0.2, 0.25) is 0 Å². The van der Waals surface area contributed by atoms with Crippen LogP contribution in [0.1, 0.15) is 19.3 Å². The first-order valence-electron chi connectivity index (χ1n) is 4.98. The molecule has 0 aliphatic carbocycles. The highest BCUT2D eigenvalue weighted by Gasteiger charge is 2.23. The van der Waals surface area contributed by atoms with Gasteiger partial charge in [0, 0.05) is 25.7 Å². The van der Waals surface area contributed by atoms with Crippen molar-refractivity contribution < 1.29 is 5.11 Å². The molecule has 3 heteroatoms. The maximum Gasteiger partial charge on any atom is 0.0679 e. The van der Waals surface area contributed by atoms with Gasteiger partial charge in [0.2, 0.25) is 0 Å². The van der Waals surface area contributed by atoms with E-state index < -0.39 is 0 Å². The Balaban J connectivity index is 1.72. The number of hydrogen-bond donors (Lipinski definition) is 2. The van der Waals surface area contributed by atoms with Gasteiger partial charge in [-0.2, -0.15) is 0 Å². The van der Waals surface area contributed by atoms with Crippen molar-refractivity contribution in [2.75, 3.05) is 26.2 Å². The quantitative estimate of drug-likeness (QED) is 0.603. The number of aliphatic hydroxyl groups excluding tert-OH is 1. The fourth-order valence-corrected chi connectivity index (χ4v) is 2.20. The second-order valence-electron chi connectivity index (χ2n) is 4.00. The molecular formula is C9H18N2O. The van der Waals surface area contributed by atoms with Crippen LogP contribution < -0.4 is 5.32 Å². The van der Waals surface area contributed by atoms with Crippen LogP contribution in [-0.4, -0.2) is 48.3 Å². The Morgan fingerprint density at radius 3 is 2.92 bits per heavy atom. The van der Waals surface area contributed by atoms with Crippen molar-refractivity contribution in [3.63, 3.8) is 0 Å². The third-order valence-corrected chi connectivity index (χ3v) is 2.89. The summed E-state index contributed by atoms with van der Waals surface area (Å²) in [5.74, 6) is 0. The number of aliphatic hydroxyl groups is 1. The Hall–Kier alpha value is -0.120. The van der Waals surface area contributed by atoms with Crippen LogP contribution in [0.25, 0.3) is 0 Å². The summed E-state index contributed by atoms with van der Waals surface area (Å²) in [4.78, 5) is 2.37. The first kappa shape index (κ1) is 8.48. The van der Waals surface area contributed by atoms with Crippen LogP contribution in [0.4, 0.5) is 0 Å². The molecule has 2 atom stereocenters. The molecule has 2 fully saturated rings.